The lowest BCUT2D eigenvalue weighted by Gasteiger charge is -2.20. The molecule has 3 nitrogen and oxygen atoms in total. The molecule has 1 aliphatic heterocycles. The maximum absolute atomic E-state index is 11.5. The zero-order chi connectivity index (χ0) is 13.3. The molecule has 1 saturated carbocycles. The van der Waals surface area contributed by atoms with Crippen molar-refractivity contribution in [2.24, 2.45) is 11.8 Å². The molecule has 19 heavy (non-hydrogen) atoms. The van der Waals surface area contributed by atoms with Crippen molar-refractivity contribution in [2.45, 2.75) is 25.3 Å². The Labute approximate surface area is 115 Å². The molecule has 0 bridgehead atoms. The fourth-order valence-corrected chi connectivity index (χ4v) is 4.84. The second-order valence-corrected chi connectivity index (χ2v) is 8.13. The molecule has 1 heterocycles. The van der Waals surface area contributed by atoms with Crippen molar-refractivity contribution in [1.82, 2.24) is 5.32 Å². The molecule has 2 atom stereocenters. The van der Waals surface area contributed by atoms with Crippen molar-refractivity contribution in [3.8, 4) is 0 Å². The highest BCUT2D eigenvalue weighted by atomic mass is 32.2. The van der Waals surface area contributed by atoms with Crippen LogP contribution < -0.4 is 5.32 Å². The van der Waals surface area contributed by atoms with Crippen LogP contribution in [0.25, 0.3) is 0 Å². The van der Waals surface area contributed by atoms with Crippen LogP contribution in [0, 0.1) is 11.8 Å². The highest BCUT2D eigenvalue weighted by Gasteiger charge is 2.34. The number of sulfone groups is 1. The summed E-state index contributed by atoms with van der Waals surface area (Å²) in [4.78, 5) is 0. The van der Waals surface area contributed by atoms with Crippen molar-refractivity contribution in [2.75, 3.05) is 18.1 Å². The van der Waals surface area contributed by atoms with E-state index in [1.165, 1.54) is 18.4 Å². The Bertz CT molecular complexity index is 522. The summed E-state index contributed by atoms with van der Waals surface area (Å²) in [5.74, 6) is 1.78. The van der Waals surface area contributed by atoms with Gasteiger partial charge in [0.2, 0.25) is 0 Å². The van der Waals surface area contributed by atoms with Crippen molar-refractivity contribution < 1.29 is 8.42 Å². The molecule has 2 aliphatic rings. The molecule has 1 aromatic carbocycles. The van der Waals surface area contributed by atoms with Crippen molar-refractivity contribution >= 4 is 9.84 Å². The third-order valence-electron chi connectivity index (χ3n) is 4.21. The second-order valence-electron chi connectivity index (χ2n) is 5.90. The molecule has 1 N–H and O–H groups in total. The fourth-order valence-electron chi connectivity index (χ4n) is 2.97. The summed E-state index contributed by atoms with van der Waals surface area (Å²) in [6, 6.07) is 10.9. The average Bonchev–Trinajstić information content (AvgIpc) is 3.16. The summed E-state index contributed by atoms with van der Waals surface area (Å²) < 4.78 is 22.9. The molecule has 2 fully saturated rings. The van der Waals surface area contributed by atoms with Crippen LogP contribution in [0.1, 0.15) is 30.9 Å². The lowest BCUT2D eigenvalue weighted by molar-refractivity contribution is 0.427. The third-order valence-corrected chi connectivity index (χ3v) is 6.04. The molecule has 1 aliphatic carbocycles. The van der Waals surface area contributed by atoms with E-state index in [9.17, 15) is 8.42 Å². The lowest BCUT2D eigenvalue weighted by Crippen LogP contribution is -2.29. The molecule has 3 rings (SSSR count). The second kappa shape index (κ2) is 5.25. The van der Waals surface area contributed by atoms with Gasteiger partial charge >= 0.3 is 0 Å². The van der Waals surface area contributed by atoms with Gasteiger partial charge in [-0.25, -0.2) is 8.42 Å². The molecule has 4 heteroatoms. The van der Waals surface area contributed by atoms with E-state index in [2.05, 4.69) is 29.6 Å². The van der Waals surface area contributed by atoms with Crippen LogP contribution in [0.2, 0.25) is 0 Å². The van der Waals surface area contributed by atoms with Gasteiger partial charge in [0, 0.05) is 6.04 Å². The standard InChI is InChI=1S/C15H21NO2S/c17-19(18)9-8-12(11-19)10-16-15(14-6-7-14)13-4-2-1-3-5-13/h1-5,12,14-16H,6-11H2. The van der Waals surface area contributed by atoms with Gasteiger partial charge in [0.15, 0.2) is 9.84 Å². The maximum atomic E-state index is 11.5. The molecule has 0 radical (unpaired) electrons. The summed E-state index contributed by atoms with van der Waals surface area (Å²) in [6.07, 6.45) is 3.40. The smallest absolute Gasteiger partial charge is 0.150 e. The predicted molar refractivity (Wildman–Crippen MR) is 76.7 cm³/mol. The van der Waals surface area contributed by atoms with Crippen LogP contribution in [0.5, 0.6) is 0 Å². The third kappa shape index (κ3) is 3.37. The molecular formula is C15H21NO2S. The average molecular weight is 279 g/mol. The van der Waals surface area contributed by atoms with Crippen LogP contribution >= 0.6 is 0 Å². The first-order valence-electron chi connectivity index (χ1n) is 7.13. The molecule has 0 aromatic heterocycles. The Balaban J connectivity index is 1.61. The van der Waals surface area contributed by atoms with E-state index < -0.39 is 9.84 Å². The monoisotopic (exact) mass is 279 g/mol. The van der Waals surface area contributed by atoms with Crippen molar-refractivity contribution in [1.29, 1.82) is 0 Å². The van der Waals surface area contributed by atoms with Crippen LogP contribution in [-0.4, -0.2) is 26.5 Å². The minimum atomic E-state index is -2.75. The van der Waals surface area contributed by atoms with Gasteiger partial charge in [-0.15, -0.1) is 0 Å². The number of hydrogen-bond donors (Lipinski definition) is 1. The van der Waals surface area contributed by atoms with Gasteiger partial charge in [0.05, 0.1) is 11.5 Å². The number of nitrogens with one attached hydrogen (secondary N) is 1. The molecule has 0 spiro atoms. The first-order chi connectivity index (χ1) is 9.14. The predicted octanol–water partition coefficient (Wildman–Crippen LogP) is 2.16. The van der Waals surface area contributed by atoms with E-state index in [-0.39, 0.29) is 0 Å². The Morgan fingerprint density at radius 3 is 2.47 bits per heavy atom. The van der Waals surface area contributed by atoms with Gasteiger partial charge in [-0.3, -0.25) is 0 Å². The van der Waals surface area contributed by atoms with Crippen LogP contribution in [0.3, 0.4) is 0 Å². The first-order valence-corrected chi connectivity index (χ1v) is 8.95. The molecule has 0 amide bonds. The molecular weight excluding hydrogens is 258 g/mol. The minimum absolute atomic E-state index is 0.301. The molecule has 104 valence electrons. The molecule has 1 aromatic rings. The van der Waals surface area contributed by atoms with Gasteiger partial charge in [0.1, 0.15) is 0 Å². The fraction of sp³-hybridized carbons (Fsp3) is 0.600. The highest BCUT2D eigenvalue weighted by molar-refractivity contribution is 7.91. The van der Waals surface area contributed by atoms with E-state index in [4.69, 9.17) is 0 Å². The van der Waals surface area contributed by atoms with Gasteiger partial charge in [0.25, 0.3) is 0 Å². The van der Waals surface area contributed by atoms with Crippen molar-refractivity contribution in [3.63, 3.8) is 0 Å². The SMILES string of the molecule is O=S1(=O)CCC(CNC(c2ccccc2)C2CC2)C1. The van der Waals surface area contributed by atoms with Crippen LogP contribution in [0.4, 0.5) is 0 Å². The molecule has 2 unspecified atom stereocenters. The Morgan fingerprint density at radius 2 is 1.89 bits per heavy atom. The quantitative estimate of drug-likeness (QED) is 0.898. The number of hydrogen-bond acceptors (Lipinski definition) is 3. The lowest BCUT2D eigenvalue weighted by atomic mass is 10.0. The Kier molecular flexibility index (Phi) is 3.63. The summed E-state index contributed by atoms with van der Waals surface area (Å²) in [6.45, 7) is 0.829. The van der Waals surface area contributed by atoms with Gasteiger partial charge in [-0.1, -0.05) is 30.3 Å². The summed E-state index contributed by atoms with van der Waals surface area (Å²) in [5, 5.41) is 3.61. The zero-order valence-electron chi connectivity index (χ0n) is 11.1. The maximum Gasteiger partial charge on any atom is 0.150 e. The normalized spacial score (nSPS) is 27.3. The van der Waals surface area contributed by atoms with Gasteiger partial charge in [-0.2, -0.15) is 0 Å². The van der Waals surface area contributed by atoms with E-state index in [1.54, 1.807) is 0 Å². The first kappa shape index (κ1) is 13.1. The largest absolute Gasteiger partial charge is 0.309 e. The van der Waals surface area contributed by atoms with Crippen LogP contribution in [0.15, 0.2) is 30.3 Å². The van der Waals surface area contributed by atoms with E-state index in [0.29, 0.717) is 23.5 Å². The topological polar surface area (TPSA) is 46.2 Å². The summed E-state index contributed by atoms with van der Waals surface area (Å²) in [5.41, 5.74) is 1.34. The van der Waals surface area contributed by atoms with Crippen molar-refractivity contribution in [3.05, 3.63) is 35.9 Å². The highest BCUT2D eigenvalue weighted by Crippen LogP contribution is 2.41. The van der Waals surface area contributed by atoms with Gasteiger partial charge in [-0.05, 0) is 43.2 Å². The molecule has 1 saturated heterocycles. The zero-order valence-corrected chi connectivity index (χ0v) is 11.9. The Hall–Kier alpha value is -0.870. The Morgan fingerprint density at radius 1 is 1.16 bits per heavy atom. The number of benzene rings is 1. The minimum Gasteiger partial charge on any atom is -0.309 e. The van der Waals surface area contributed by atoms with Gasteiger partial charge < -0.3 is 5.32 Å². The van der Waals surface area contributed by atoms with E-state index in [1.807, 2.05) is 6.07 Å². The van der Waals surface area contributed by atoms with E-state index in [0.717, 1.165) is 18.9 Å². The van der Waals surface area contributed by atoms with Crippen LogP contribution in [-0.2, 0) is 9.84 Å². The number of rotatable bonds is 5. The summed E-state index contributed by atoms with van der Waals surface area (Å²) in [7, 11) is -2.75. The summed E-state index contributed by atoms with van der Waals surface area (Å²) >= 11 is 0. The van der Waals surface area contributed by atoms with E-state index >= 15 is 0 Å².